The summed E-state index contributed by atoms with van der Waals surface area (Å²) in [5, 5.41) is 2.93. The fraction of sp³-hybridized carbons (Fsp3) is 0.235. The van der Waals surface area contributed by atoms with Crippen LogP contribution in [0.5, 0.6) is 5.75 Å². The van der Waals surface area contributed by atoms with Crippen LogP contribution in [0.3, 0.4) is 0 Å². The summed E-state index contributed by atoms with van der Waals surface area (Å²) in [6.45, 7) is 0.369. The van der Waals surface area contributed by atoms with Crippen LogP contribution in [0.1, 0.15) is 11.1 Å². The summed E-state index contributed by atoms with van der Waals surface area (Å²) in [6, 6.07) is 12.3. The Hall–Kier alpha value is -1.97. The average molecular weight is 465 g/mol. The molecular formula is C17H19F3IN3O. The highest BCUT2D eigenvalue weighted by atomic mass is 127. The van der Waals surface area contributed by atoms with E-state index in [9.17, 15) is 13.2 Å². The van der Waals surface area contributed by atoms with E-state index in [-0.39, 0.29) is 29.9 Å². The molecule has 8 heteroatoms. The lowest BCUT2D eigenvalue weighted by atomic mass is 10.1. The largest absolute Gasteiger partial charge is 0.497 e. The number of anilines is 1. The smallest absolute Gasteiger partial charge is 0.416 e. The van der Waals surface area contributed by atoms with Gasteiger partial charge in [0.2, 0.25) is 0 Å². The summed E-state index contributed by atoms with van der Waals surface area (Å²) < 4.78 is 42.6. The molecule has 0 fully saturated rings. The third kappa shape index (κ3) is 6.81. The predicted octanol–water partition coefficient (Wildman–Crippen LogP) is 4.30. The number of hydrogen-bond acceptors (Lipinski definition) is 2. The minimum absolute atomic E-state index is 0. The van der Waals surface area contributed by atoms with E-state index in [0.717, 1.165) is 23.4 Å². The molecule has 136 valence electrons. The number of halogens is 4. The van der Waals surface area contributed by atoms with Crippen molar-refractivity contribution in [1.29, 1.82) is 0 Å². The highest BCUT2D eigenvalue weighted by Crippen LogP contribution is 2.29. The van der Waals surface area contributed by atoms with Gasteiger partial charge in [0.1, 0.15) is 5.75 Å². The molecule has 2 aromatic carbocycles. The van der Waals surface area contributed by atoms with Gasteiger partial charge in [-0.15, -0.1) is 24.0 Å². The molecule has 2 rings (SSSR count). The molecule has 0 radical (unpaired) electrons. The van der Waals surface area contributed by atoms with Crippen molar-refractivity contribution in [3.05, 3.63) is 59.7 Å². The van der Waals surface area contributed by atoms with E-state index in [0.29, 0.717) is 18.7 Å². The zero-order chi connectivity index (χ0) is 17.6. The maximum Gasteiger partial charge on any atom is 0.416 e. The lowest BCUT2D eigenvalue weighted by molar-refractivity contribution is -0.137. The maximum absolute atomic E-state index is 12.5. The molecular weight excluding hydrogens is 446 g/mol. The van der Waals surface area contributed by atoms with Crippen LogP contribution in [0, 0.1) is 0 Å². The Morgan fingerprint density at radius 1 is 1.16 bits per heavy atom. The molecule has 0 amide bonds. The van der Waals surface area contributed by atoms with Crippen molar-refractivity contribution in [1.82, 2.24) is 0 Å². The van der Waals surface area contributed by atoms with E-state index in [4.69, 9.17) is 10.5 Å². The van der Waals surface area contributed by atoms with Crippen LogP contribution >= 0.6 is 24.0 Å². The lowest BCUT2D eigenvalue weighted by Crippen LogP contribution is -2.23. The summed E-state index contributed by atoms with van der Waals surface area (Å²) in [5.41, 5.74) is 6.64. The van der Waals surface area contributed by atoms with Crippen molar-refractivity contribution in [2.75, 3.05) is 19.0 Å². The van der Waals surface area contributed by atoms with Gasteiger partial charge in [-0.2, -0.15) is 13.2 Å². The van der Waals surface area contributed by atoms with Gasteiger partial charge < -0.3 is 15.8 Å². The standard InChI is InChI=1S/C17H18F3N3O.HI/c1-24-15-4-2-3-14(11-15)23-16(21)22-10-9-12-5-7-13(8-6-12)17(18,19)20;/h2-8,11H,9-10H2,1H3,(H3,21,22,23);1H. The zero-order valence-corrected chi connectivity index (χ0v) is 15.8. The minimum Gasteiger partial charge on any atom is -0.497 e. The number of rotatable bonds is 5. The van der Waals surface area contributed by atoms with Gasteiger partial charge >= 0.3 is 6.18 Å². The molecule has 0 aromatic heterocycles. The van der Waals surface area contributed by atoms with Crippen LogP contribution in [0.2, 0.25) is 0 Å². The molecule has 0 aliphatic rings. The van der Waals surface area contributed by atoms with Gasteiger partial charge in [0.15, 0.2) is 5.96 Å². The molecule has 0 saturated heterocycles. The van der Waals surface area contributed by atoms with Crippen molar-refractivity contribution >= 4 is 35.6 Å². The van der Waals surface area contributed by atoms with E-state index in [1.54, 1.807) is 13.2 Å². The van der Waals surface area contributed by atoms with Crippen molar-refractivity contribution in [2.45, 2.75) is 12.6 Å². The number of ether oxygens (including phenoxy) is 1. The molecule has 4 nitrogen and oxygen atoms in total. The van der Waals surface area contributed by atoms with E-state index in [1.807, 2.05) is 18.2 Å². The predicted molar refractivity (Wildman–Crippen MR) is 104 cm³/mol. The first-order chi connectivity index (χ1) is 11.4. The highest BCUT2D eigenvalue weighted by molar-refractivity contribution is 14.0. The van der Waals surface area contributed by atoms with Gasteiger partial charge in [-0.05, 0) is 36.2 Å². The van der Waals surface area contributed by atoms with E-state index in [1.165, 1.54) is 12.1 Å². The second-order valence-corrected chi connectivity index (χ2v) is 5.07. The van der Waals surface area contributed by atoms with Gasteiger partial charge in [-0.3, -0.25) is 4.99 Å². The van der Waals surface area contributed by atoms with Crippen molar-refractivity contribution < 1.29 is 17.9 Å². The van der Waals surface area contributed by atoms with Crippen LogP contribution in [0.15, 0.2) is 53.5 Å². The van der Waals surface area contributed by atoms with Gasteiger partial charge in [0.25, 0.3) is 0 Å². The Morgan fingerprint density at radius 3 is 2.44 bits per heavy atom. The number of benzene rings is 2. The molecule has 0 saturated carbocycles. The third-order valence-corrected chi connectivity index (χ3v) is 3.31. The van der Waals surface area contributed by atoms with Gasteiger partial charge in [0.05, 0.1) is 12.7 Å². The zero-order valence-electron chi connectivity index (χ0n) is 13.5. The van der Waals surface area contributed by atoms with Crippen molar-refractivity contribution in [3.63, 3.8) is 0 Å². The first-order valence-electron chi connectivity index (χ1n) is 7.25. The number of hydrogen-bond donors (Lipinski definition) is 2. The molecule has 0 unspecified atom stereocenters. The first kappa shape index (κ1) is 21.1. The molecule has 25 heavy (non-hydrogen) atoms. The topological polar surface area (TPSA) is 59.6 Å². The van der Waals surface area contributed by atoms with E-state index in [2.05, 4.69) is 10.3 Å². The van der Waals surface area contributed by atoms with Crippen LogP contribution in [-0.4, -0.2) is 19.6 Å². The molecule has 3 N–H and O–H groups in total. The normalized spacial score (nSPS) is 11.6. The van der Waals surface area contributed by atoms with Gasteiger partial charge in [0, 0.05) is 18.3 Å². The maximum atomic E-state index is 12.5. The molecule has 0 atom stereocenters. The summed E-state index contributed by atoms with van der Waals surface area (Å²) >= 11 is 0. The summed E-state index contributed by atoms with van der Waals surface area (Å²) in [7, 11) is 1.57. The Kier molecular flexibility index (Phi) is 8.01. The number of nitrogens with one attached hydrogen (secondary N) is 1. The quantitative estimate of drug-likeness (QED) is 0.394. The fourth-order valence-corrected chi connectivity index (χ4v) is 2.05. The monoisotopic (exact) mass is 465 g/mol. The van der Waals surface area contributed by atoms with Crippen LogP contribution in [0.4, 0.5) is 18.9 Å². The van der Waals surface area contributed by atoms with E-state index < -0.39 is 11.7 Å². The Morgan fingerprint density at radius 2 is 1.84 bits per heavy atom. The number of alkyl halides is 3. The lowest BCUT2D eigenvalue weighted by Gasteiger charge is -2.08. The third-order valence-electron chi connectivity index (χ3n) is 3.31. The summed E-state index contributed by atoms with van der Waals surface area (Å²) in [6.07, 6.45) is -3.82. The summed E-state index contributed by atoms with van der Waals surface area (Å²) in [4.78, 5) is 4.16. The molecule has 0 heterocycles. The first-order valence-corrected chi connectivity index (χ1v) is 7.25. The number of nitrogens with two attached hydrogens (primary N) is 1. The highest BCUT2D eigenvalue weighted by Gasteiger charge is 2.29. The molecule has 0 aliphatic heterocycles. The number of nitrogens with zero attached hydrogens (tertiary/aromatic N) is 1. The SMILES string of the molecule is COc1cccc(NC(N)=NCCc2ccc(C(F)(F)F)cc2)c1.I. The average Bonchev–Trinajstić information content (AvgIpc) is 2.54. The number of guanidine groups is 1. The van der Waals surface area contributed by atoms with Crippen molar-refractivity contribution in [2.24, 2.45) is 10.7 Å². The minimum atomic E-state index is -4.32. The van der Waals surface area contributed by atoms with Crippen LogP contribution in [-0.2, 0) is 12.6 Å². The molecule has 0 spiro atoms. The Balaban J connectivity index is 0.00000312. The van der Waals surface area contributed by atoms with Crippen LogP contribution < -0.4 is 15.8 Å². The Bertz CT molecular complexity index is 703. The fourth-order valence-electron chi connectivity index (χ4n) is 2.05. The van der Waals surface area contributed by atoms with Crippen molar-refractivity contribution in [3.8, 4) is 5.75 Å². The molecule has 0 aliphatic carbocycles. The van der Waals surface area contributed by atoms with Gasteiger partial charge in [-0.1, -0.05) is 18.2 Å². The molecule has 2 aromatic rings. The van der Waals surface area contributed by atoms with E-state index >= 15 is 0 Å². The Labute approximate surface area is 161 Å². The second kappa shape index (κ2) is 9.50. The molecule has 0 bridgehead atoms. The summed E-state index contributed by atoms with van der Waals surface area (Å²) in [5.74, 6) is 0.924. The van der Waals surface area contributed by atoms with Crippen LogP contribution in [0.25, 0.3) is 0 Å². The number of aliphatic imine (C=N–C) groups is 1. The second-order valence-electron chi connectivity index (χ2n) is 5.07. The van der Waals surface area contributed by atoms with Gasteiger partial charge in [-0.25, -0.2) is 0 Å². The number of methoxy groups -OCH3 is 1.